The maximum atomic E-state index is 13.2. The van der Waals surface area contributed by atoms with E-state index in [0.29, 0.717) is 6.54 Å². The summed E-state index contributed by atoms with van der Waals surface area (Å²) in [5.41, 5.74) is 2.53. The number of nitrogens with zero attached hydrogens (tertiary/aromatic N) is 6. The van der Waals surface area contributed by atoms with Crippen LogP contribution >= 0.6 is 0 Å². The molecule has 0 amide bonds. The first kappa shape index (κ1) is 19.6. The van der Waals surface area contributed by atoms with Crippen LogP contribution in [0.5, 0.6) is 0 Å². The summed E-state index contributed by atoms with van der Waals surface area (Å²) in [4.78, 5) is 7.76. The van der Waals surface area contributed by atoms with Crippen molar-refractivity contribution < 1.29 is 13.2 Å². The highest BCUT2D eigenvalue weighted by Crippen LogP contribution is 2.30. The van der Waals surface area contributed by atoms with Gasteiger partial charge in [-0.1, -0.05) is 0 Å². The molecule has 0 aliphatic carbocycles. The number of halogens is 3. The zero-order valence-electron chi connectivity index (χ0n) is 16.0. The molecular formula is C17H21F3N8. The van der Waals surface area contributed by atoms with Gasteiger partial charge in [0.05, 0.1) is 12.4 Å². The molecule has 3 heterocycles. The van der Waals surface area contributed by atoms with Crippen molar-refractivity contribution in [2.24, 2.45) is 14.1 Å². The lowest BCUT2D eigenvalue weighted by atomic mass is 10.2. The molecule has 0 aromatic carbocycles. The van der Waals surface area contributed by atoms with Gasteiger partial charge in [0, 0.05) is 55.8 Å². The lowest BCUT2D eigenvalue weighted by molar-refractivity contribution is -0.141. The van der Waals surface area contributed by atoms with Gasteiger partial charge in [-0.3, -0.25) is 9.36 Å². The van der Waals surface area contributed by atoms with Crippen LogP contribution in [0.1, 0.15) is 28.2 Å². The van der Waals surface area contributed by atoms with Crippen LogP contribution in [0.2, 0.25) is 0 Å². The maximum absolute atomic E-state index is 13.2. The third-order valence-electron chi connectivity index (χ3n) is 4.59. The van der Waals surface area contributed by atoms with Crippen molar-refractivity contribution in [2.45, 2.75) is 33.1 Å². The van der Waals surface area contributed by atoms with E-state index in [0.717, 1.165) is 28.6 Å². The molecule has 8 nitrogen and oxygen atoms in total. The highest BCUT2D eigenvalue weighted by atomic mass is 19.4. The Balaban J connectivity index is 1.80. The molecule has 0 aliphatic rings. The van der Waals surface area contributed by atoms with Crippen LogP contribution in [0.25, 0.3) is 0 Å². The van der Waals surface area contributed by atoms with E-state index in [9.17, 15) is 13.2 Å². The van der Waals surface area contributed by atoms with Crippen LogP contribution in [-0.2, 0) is 33.4 Å². The summed E-state index contributed by atoms with van der Waals surface area (Å²) in [5.74, 6) is -0.0283. The van der Waals surface area contributed by atoms with Crippen molar-refractivity contribution >= 4 is 11.8 Å². The Labute approximate surface area is 159 Å². The Bertz CT molecular complexity index is 905. The summed E-state index contributed by atoms with van der Waals surface area (Å²) in [5, 5.41) is 14.0. The van der Waals surface area contributed by atoms with Gasteiger partial charge in [0.2, 0.25) is 5.95 Å². The van der Waals surface area contributed by atoms with Gasteiger partial charge in [0.1, 0.15) is 5.82 Å². The van der Waals surface area contributed by atoms with E-state index in [-0.39, 0.29) is 18.3 Å². The summed E-state index contributed by atoms with van der Waals surface area (Å²) in [6.45, 7) is 4.33. The largest absolute Gasteiger partial charge is 0.433 e. The van der Waals surface area contributed by atoms with E-state index in [1.165, 1.54) is 0 Å². The fourth-order valence-electron chi connectivity index (χ4n) is 2.56. The Hall–Kier alpha value is -3.11. The molecule has 11 heteroatoms. The predicted molar refractivity (Wildman–Crippen MR) is 97.6 cm³/mol. The van der Waals surface area contributed by atoms with Gasteiger partial charge < -0.3 is 10.6 Å². The minimum atomic E-state index is -4.58. The first-order valence-electron chi connectivity index (χ1n) is 8.54. The summed E-state index contributed by atoms with van der Waals surface area (Å²) >= 11 is 0. The molecule has 0 atom stereocenters. The van der Waals surface area contributed by atoms with E-state index in [4.69, 9.17) is 0 Å². The fourth-order valence-corrected chi connectivity index (χ4v) is 2.56. The molecule has 2 N–H and O–H groups in total. The number of alkyl halides is 3. The molecule has 0 bridgehead atoms. The zero-order chi connectivity index (χ0) is 20.5. The maximum Gasteiger partial charge on any atom is 0.433 e. The van der Waals surface area contributed by atoms with Crippen LogP contribution in [0, 0.1) is 13.8 Å². The van der Waals surface area contributed by atoms with Gasteiger partial charge in [0.15, 0.2) is 5.69 Å². The van der Waals surface area contributed by atoms with Crippen molar-refractivity contribution in [2.75, 3.05) is 10.6 Å². The number of hydrogen-bond donors (Lipinski definition) is 2. The Kier molecular flexibility index (Phi) is 5.25. The normalized spacial score (nSPS) is 11.7. The quantitative estimate of drug-likeness (QED) is 0.669. The van der Waals surface area contributed by atoms with Crippen LogP contribution in [0.15, 0.2) is 18.5 Å². The average Bonchev–Trinajstić information content (AvgIpc) is 3.13. The second-order valence-corrected chi connectivity index (χ2v) is 6.42. The van der Waals surface area contributed by atoms with Gasteiger partial charge in [-0.15, -0.1) is 0 Å². The molecule has 0 unspecified atom stereocenters. The van der Waals surface area contributed by atoms with Gasteiger partial charge >= 0.3 is 6.18 Å². The molecule has 3 aromatic rings. The summed E-state index contributed by atoms with van der Waals surface area (Å²) in [6.07, 6.45) is -1.26. The minimum Gasteiger partial charge on any atom is -0.366 e. The van der Waals surface area contributed by atoms with E-state index in [1.807, 2.05) is 13.8 Å². The number of nitrogens with one attached hydrogen (secondary N) is 2. The smallest absolute Gasteiger partial charge is 0.366 e. The minimum absolute atomic E-state index is 0.0796. The number of aromatic nitrogens is 6. The fraction of sp³-hybridized carbons (Fsp3) is 0.412. The average molecular weight is 394 g/mol. The number of rotatable bonds is 6. The first-order valence-corrected chi connectivity index (χ1v) is 8.54. The molecule has 150 valence electrons. The SMILES string of the molecule is Cc1c(CNc2cc(C(F)(F)F)nc(NCc3cnn(C)c3C)n2)cnn1C. The van der Waals surface area contributed by atoms with Gasteiger partial charge in [-0.05, 0) is 13.8 Å². The Morgan fingerprint density at radius 2 is 1.43 bits per heavy atom. The number of aryl methyl sites for hydroxylation is 2. The van der Waals surface area contributed by atoms with Crippen LogP contribution in [-0.4, -0.2) is 29.5 Å². The third-order valence-corrected chi connectivity index (χ3v) is 4.59. The topological polar surface area (TPSA) is 85.5 Å². The highest BCUT2D eigenvalue weighted by Gasteiger charge is 2.33. The second-order valence-electron chi connectivity index (χ2n) is 6.42. The molecule has 0 spiro atoms. The predicted octanol–water partition coefficient (Wildman–Crippen LogP) is 2.80. The molecule has 3 aromatic heterocycles. The lowest BCUT2D eigenvalue weighted by Gasteiger charge is -2.13. The molecular weight excluding hydrogens is 373 g/mol. The van der Waals surface area contributed by atoms with E-state index < -0.39 is 11.9 Å². The van der Waals surface area contributed by atoms with Crippen molar-refractivity contribution in [1.82, 2.24) is 29.5 Å². The van der Waals surface area contributed by atoms with Crippen molar-refractivity contribution in [3.63, 3.8) is 0 Å². The highest BCUT2D eigenvalue weighted by molar-refractivity contribution is 5.44. The summed E-state index contributed by atoms with van der Waals surface area (Å²) in [6, 6.07) is 0.895. The Morgan fingerprint density at radius 3 is 1.89 bits per heavy atom. The number of anilines is 2. The van der Waals surface area contributed by atoms with Crippen molar-refractivity contribution in [3.8, 4) is 0 Å². The van der Waals surface area contributed by atoms with Gasteiger partial charge in [-0.2, -0.15) is 28.4 Å². The molecule has 0 saturated carbocycles. The van der Waals surface area contributed by atoms with E-state index in [1.54, 1.807) is 35.9 Å². The molecule has 3 rings (SSSR count). The van der Waals surface area contributed by atoms with Crippen molar-refractivity contribution in [3.05, 3.63) is 46.7 Å². The van der Waals surface area contributed by atoms with Crippen LogP contribution in [0.3, 0.4) is 0 Å². The molecule has 0 radical (unpaired) electrons. The zero-order valence-corrected chi connectivity index (χ0v) is 16.0. The van der Waals surface area contributed by atoms with Crippen molar-refractivity contribution in [1.29, 1.82) is 0 Å². The number of hydrogen-bond acceptors (Lipinski definition) is 6. The van der Waals surface area contributed by atoms with Crippen LogP contribution in [0.4, 0.5) is 24.9 Å². The first-order chi connectivity index (χ1) is 13.1. The Morgan fingerprint density at radius 1 is 0.893 bits per heavy atom. The summed E-state index contributed by atoms with van der Waals surface area (Å²) in [7, 11) is 3.59. The third kappa shape index (κ3) is 4.24. The molecule has 28 heavy (non-hydrogen) atoms. The molecule has 0 aliphatic heterocycles. The summed E-state index contributed by atoms with van der Waals surface area (Å²) < 4.78 is 43.1. The van der Waals surface area contributed by atoms with Crippen LogP contribution < -0.4 is 10.6 Å². The van der Waals surface area contributed by atoms with Gasteiger partial charge in [-0.25, -0.2) is 4.98 Å². The van der Waals surface area contributed by atoms with Gasteiger partial charge in [0.25, 0.3) is 0 Å². The molecule has 0 fully saturated rings. The standard InChI is InChI=1S/C17H21F3N8/c1-10-12(8-23-27(10)3)6-21-15-5-14(17(18,19)20)25-16(26-15)22-7-13-9-24-28(4)11(13)2/h5,8-9H,6-7H2,1-4H3,(H2,21,22,25,26). The van der Waals surface area contributed by atoms with E-state index >= 15 is 0 Å². The molecule has 0 saturated heterocycles. The second kappa shape index (κ2) is 7.49. The monoisotopic (exact) mass is 394 g/mol. The van der Waals surface area contributed by atoms with E-state index in [2.05, 4.69) is 30.8 Å². The lowest BCUT2D eigenvalue weighted by Crippen LogP contribution is -2.14.